The molecule has 1 aromatic carbocycles. The number of hydrogen-bond donors (Lipinski definition) is 1. The van der Waals surface area contributed by atoms with Gasteiger partial charge in [0.25, 0.3) is 0 Å². The highest BCUT2D eigenvalue weighted by molar-refractivity contribution is 6.04. The van der Waals surface area contributed by atoms with E-state index in [9.17, 15) is 4.79 Å². The van der Waals surface area contributed by atoms with Gasteiger partial charge in [-0.15, -0.1) is 0 Å². The molecule has 0 heterocycles. The average Bonchev–Trinajstić information content (AvgIpc) is 2.53. The zero-order valence-corrected chi connectivity index (χ0v) is 13.8. The number of carbonyl (C=O) groups excluding carboxylic acids is 1. The normalized spacial score (nSPS) is 12.0. The van der Waals surface area contributed by atoms with Crippen LogP contribution in [0.2, 0.25) is 0 Å². The molecule has 0 unspecified atom stereocenters. The van der Waals surface area contributed by atoms with Crippen LogP contribution in [0.5, 0.6) is 5.75 Å². The van der Waals surface area contributed by atoms with E-state index in [1.165, 1.54) is 13.2 Å². The Morgan fingerprint density at radius 1 is 1.48 bits per heavy atom. The molecule has 0 saturated carbocycles. The van der Waals surface area contributed by atoms with Crippen LogP contribution in [0, 0.1) is 17.2 Å². The lowest BCUT2D eigenvalue weighted by molar-refractivity contribution is -0.138. The topological polar surface area (TPSA) is 97.7 Å². The van der Waals surface area contributed by atoms with Gasteiger partial charge >= 0.3 is 5.97 Å². The molecule has 6 heteroatoms. The van der Waals surface area contributed by atoms with Crippen molar-refractivity contribution >= 4 is 17.4 Å². The number of benzene rings is 1. The van der Waals surface area contributed by atoms with Crippen molar-refractivity contribution in [2.24, 2.45) is 16.6 Å². The Balaban J connectivity index is 3.31. The summed E-state index contributed by atoms with van der Waals surface area (Å²) in [5, 5.41) is 9.01. The lowest BCUT2D eigenvalue weighted by atomic mass is 10.1. The number of rotatable bonds is 6. The van der Waals surface area contributed by atoms with E-state index in [0.29, 0.717) is 22.7 Å². The molecule has 0 aliphatic rings. The molecule has 0 aliphatic heterocycles. The summed E-state index contributed by atoms with van der Waals surface area (Å²) in [5.41, 5.74) is 7.28. The number of hydrogen-bond acceptors (Lipinski definition) is 6. The second kappa shape index (κ2) is 8.59. The van der Waals surface area contributed by atoms with Crippen LogP contribution in [0.1, 0.15) is 26.3 Å². The molecule has 0 fully saturated rings. The highest BCUT2D eigenvalue weighted by atomic mass is 16.5. The lowest BCUT2D eigenvalue weighted by Crippen LogP contribution is -2.17. The number of esters is 1. The summed E-state index contributed by atoms with van der Waals surface area (Å²) in [5.74, 6) is -0.0396. The van der Waals surface area contributed by atoms with Gasteiger partial charge in [0.1, 0.15) is 17.1 Å². The van der Waals surface area contributed by atoms with E-state index in [0.717, 1.165) is 0 Å². The molecule has 1 aromatic rings. The first-order valence-electron chi connectivity index (χ1n) is 7.23. The van der Waals surface area contributed by atoms with E-state index >= 15 is 0 Å². The molecule has 0 saturated heterocycles. The van der Waals surface area contributed by atoms with Crippen molar-refractivity contribution in [3.8, 4) is 11.8 Å². The monoisotopic (exact) mass is 315 g/mol. The summed E-state index contributed by atoms with van der Waals surface area (Å²) in [6.07, 6.45) is 1.49. The van der Waals surface area contributed by atoms with E-state index in [4.69, 9.17) is 20.5 Å². The smallest absolute Gasteiger partial charge is 0.354 e. The van der Waals surface area contributed by atoms with E-state index in [2.05, 4.69) is 11.1 Å². The summed E-state index contributed by atoms with van der Waals surface area (Å²) in [7, 11) is 1.53. The highest BCUT2D eigenvalue weighted by Crippen LogP contribution is 2.29. The van der Waals surface area contributed by atoms with Crippen molar-refractivity contribution in [3.63, 3.8) is 0 Å². The molecule has 0 atom stereocenters. The molecule has 0 amide bonds. The molecule has 23 heavy (non-hydrogen) atoms. The van der Waals surface area contributed by atoms with Gasteiger partial charge in [-0.3, -0.25) is 0 Å². The number of nitriles is 1. The largest absolute Gasteiger partial charge is 0.494 e. The van der Waals surface area contributed by atoms with Gasteiger partial charge in [0.15, 0.2) is 0 Å². The third kappa shape index (κ3) is 5.15. The molecule has 0 aliphatic carbocycles. The van der Waals surface area contributed by atoms with Crippen LogP contribution in [0.15, 0.2) is 35.0 Å². The van der Waals surface area contributed by atoms with Crippen LogP contribution in [0.3, 0.4) is 0 Å². The minimum Gasteiger partial charge on any atom is -0.494 e. The Bertz CT molecular complexity index is 670. The quantitative estimate of drug-likeness (QED) is 0.494. The van der Waals surface area contributed by atoms with Gasteiger partial charge in [0, 0.05) is 5.71 Å². The maximum atomic E-state index is 11.6. The van der Waals surface area contributed by atoms with Crippen molar-refractivity contribution < 1.29 is 14.3 Å². The standard InChI is InChI=1S/C17H21N3O3/c1-5-23-17(21)13(19)9-14(11(2)3)20-15-8-12(10-18)6-7-16(15)22-4/h6-9,11H,5,19H2,1-4H3. The number of allylic oxidation sites excluding steroid dienone is 1. The molecular weight excluding hydrogens is 294 g/mol. The molecule has 0 bridgehead atoms. The van der Waals surface area contributed by atoms with Crippen LogP contribution >= 0.6 is 0 Å². The fourth-order valence-corrected chi connectivity index (χ4v) is 1.75. The second-order valence-corrected chi connectivity index (χ2v) is 5.01. The minimum absolute atomic E-state index is 0.0124. The summed E-state index contributed by atoms with van der Waals surface area (Å²) < 4.78 is 10.1. The van der Waals surface area contributed by atoms with Crippen molar-refractivity contribution in [1.82, 2.24) is 0 Å². The van der Waals surface area contributed by atoms with E-state index in [-0.39, 0.29) is 18.2 Å². The summed E-state index contributed by atoms with van der Waals surface area (Å²) in [6, 6.07) is 7.00. The zero-order chi connectivity index (χ0) is 17.4. The van der Waals surface area contributed by atoms with Gasteiger partial charge in [-0.05, 0) is 37.1 Å². The second-order valence-electron chi connectivity index (χ2n) is 5.01. The van der Waals surface area contributed by atoms with E-state index in [1.54, 1.807) is 25.1 Å². The van der Waals surface area contributed by atoms with Crippen molar-refractivity contribution in [3.05, 3.63) is 35.5 Å². The van der Waals surface area contributed by atoms with Gasteiger partial charge in [-0.25, -0.2) is 9.79 Å². The van der Waals surface area contributed by atoms with Crippen LogP contribution < -0.4 is 10.5 Å². The first-order valence-corrected chi connectivity index (χ1v) is 7.23. The Labute approximate surface area is 136 Å². The summed E-state index contributed by atoms with van der Waals surface area (Å²) >= 11 is 0. The highest BCUT2D eigenvalue weighted by Gasteiger charge is 2.12. The number of methoxy groups -OCH3 is 1. The predicted octanol–water partition coefficient (Wildman–Crippen LogP) is 2.70. The fourth-order valence-electron chi connectivity index (χ4n) is 1.75. The van der Waals surface area contributed by atoms with Crippen LogP contribution in [0.25, 0.3) is 0 Å². The Morgan fingerprint density at radius 2 is 2.17 bits per heavy atom. The van der Waals surface area contributed by atoms with E-state index in [1.807, 2.05) is 13.8 Å². The summed E-state index contributed by atoms with van der Waals surface area (Å²) in [6.45, 7) is 5.81. The van der Waals surface area contributed by atoms with Gasteiger partial charge in [0.2, 0.25) is 0 Å². The Morgan fingerprint density at radius 3 is 2.70 bits per heavy atom. The van der Waals surface area contributed by atoms with Crippen LogP contribution in [0.4, 0.5) is 5.69 Å². The SMILES string of the molecule is CCOC(=O)C(N)=CC(=Nc1cc(C#N)ccc1OC)C(C)C. The molecule has 0 spiro atoms. The molecule has 2 N–H and O–H groups in total. The zero-order valence-electron chi connectivity index (χ0n) is 13.8. The maximum Gasteiger partial charge on any atom is 0.354 e. The predicted molar refractivity (Wildman–Crippen MR) is 88.5 cm³/mol. The lowest BCUT2D eigenvalue weighted by Gasteiger charge is -2.10. The van der Waals surface area contributed by atoms with Crippen molar-refractivity contribution in [1.29, 1.82) is 5.26 Å². The van der Waals surface area contributed by atoms with Gasteiger partial charge in [-0.1, -0.05) is 13.8 Å². The van der Waals surface area contributed by atoms with Crippen LogP contribution in [-0.2, 0) is 9.53 Å². The third-order valence-electron chi connectivity index (χ3n) is 2.96. The number of nitrogens with zero attached hydrogens (tertiary/aromatic N) is 2. The van der Waals surface area contributed by atoms with Gasteiger partial charge in [0.05, 0.1) is 25.3 Å². The van der Waals surface area contributed by atoms with E-state index < -0.39 is 5.97 Å². The molecule has 6 nitrogen and oxygen atoms in total. The Hall–Kier alpha value is -2.81. The first kappa shape index (κ1) is 18.2. The molecule has 0 radical (unpaired) electrons. The molecular formula is C17H21N3O3. The number of aliphatic imine (C=N–C) groups is 1. The van der Waals surface area contributed by atoms with Crippen molar-refractivity contribution in [2.45, 2.75) is 20.8 Å². The van der Waals surface area contributed by atoms with Crippen LogP contribution in [-0.4, -0.2) is 25.4 Å². The van der Waals surface area contributed by atoms with Gasteiger partial charge < -0.3 is 15.2 Å². The fraction of sp³-hybridized carbons (Fsp3) is 0.353. The minimum atomic E-state index is -0.585. The third-order valence-corrected chi connectivity index (χ3v) is 2.96. The van der Waals surface area contributed by atoms with Gasteiger partial charge in [-0.2, -0.15) is 5.26 Å². The average molecular weight is 315 g/mol. The maximum absolute atomic E-state index is 11.6. The number of carbonyl (C=O) groups is 1. The first-order chi connectivity index (χ1) is 10.9. The molecule has 0 aromatic heterocycles. The summed E-state index contributed by atoms with van der Waals surface area (Å²) in [4.78, 5) is 16.1. The molecule has 122 valence electrons. The number of nitrogens with two attached hydrogens (primary N) is 1. The van der Waals surface area contributed by atoms with Crippen molar-refractivity contribution in [2.75, 3.05) is 13.7 Å². The Kier molecular flexibility index (Phi) is 6.81. The molecule has 1 rings (SSSR count). The number of ether oxygens (including phenoxy) is 2.